The van der Waals surface area contributed by atoms with Gasteiger partial charge in [0, 0.05) is 39.2 Å². The lowest BCUT2D eigenvalue weighted by Crippen LogP contribution is -2.59. The minimum Gasteiger partial charge on any atom is -0.424 e. The second kappa shape index (κ2) is 30.5. The quantitative estimate of drug-likeness (QED) is 0.0103. The SMILES string of the molecule is CCSSc1ccccc1OC(=O)[C@H](Cc1ccccc1)NC(=O)CNC(=O)[C@H](CO)NC(=O)[C@H](CCCNC(=N)N)NC(=O)C(CC(=O)NC)NC(=O)[C@H](CCCNC(=N)N)NC(C)=O. The van der Waals surface area contributed by atoms with E-state index in [1.54, 1.807) is 65.4 Å². The molecule has 1 unspecified atom stereocenters. The molecular formula is C41H61N13O10S2. The molecule has 362 valence electrons. The van der Waals surface area contributed by atoms with Gasteiger partial charge < -0.3 is 69.2 Å². The summed E-state index contributed by atoms with van der Waals surface area (Å²) in [6.45, 7) is 1.79. The summed E-state index contributed by atoms with van der Waals surface area (Å²) in [5.74, 6) is -6.17. The third-order valence-electron chi connectivity index (χ3n) is 9.07. The first-order chi connectivity index (χ1) is 31.5. The van der Waals surface area contributed by atoms with Gasteiger partial charge in [-0.25, -0.2) is 4.79 Å². The van der Waals surface area contributed by atoms with Gasteiger partial charge in [-0.05, 0) is 43.4 Å². The van der Waals surface area contributed by atoms with E-state index >= 15 is 0 Å². The summed E-state index contributed by atoms with van der Waals surface area (Å²) in [4.78, 5) is 106. The fourth-order valence-corrected chi connectivity index (χ4v) is 7.55. The molecule has 2 rings (SSSR count). The number of aliphatic hydroxyl groups excluding tert-OH is 1. The Morgan fingerprint density at radius 2 is 1.23 bits per heavy atom. The number of guanidine groups is 2. The lowest BCUT2D eigenvalue weighted by atomic mass is 10.1. The molecule has 0 fully saturated rings. The monoisotopic (exact) mass is 959 g/mol. The molecule has 0 heterocycles. The Bertz CT molecular complexity index is 1980. The maximum Gasteiger partial charge on any atom is 0.334 e. The normalized spacial score (nSPS) is 12.8. The van der Waals surface area contributed by atoms with Crippen LogP contribution < -0.4 is 64.1 Å². The fourth-order valence-electron chi connectivity index (χ4n) is 5.83. The first kappa shape index (κ1) is 55.5. The third-order valence-corrected chi connectivity index (χ3v) is 11.5. The van der Waals surface area contributed by atoms with Crippen LogP contribution in [0.25, 0.3) is 0 Å². The number of esters is 1. The van der Waals surface area contributed by atoms with Gasteiger partial charge in [0.05, 0.1) is 24.5 Å². The van der Waals surface area contributed by atoms with Gasteiger partial charge in [-0.3, -0.25) is 44.4 Å². The second-order valence-corrected chi connectivity index (χ2v) is 17.0. The van der Waals surface area contributed by atoms with Crippen LogP contribution in [0.2, 0.25) is 0 Å². The Kier molecular flexibility index (Phi) is 25.7. The summed E-state index contributed by atoms with van der Waals surface area (Å²) in [7, 11) is 4.28. The van der Waals surface area contributed by atoms with Gasteiger partial charge in [0.15, 0.2) is 11.9 Å². The van der Waals surface area contributed by atoms with E-state index in [-0.39, 0.29) is 57.1 Å². The molecule has 0 bridgehead atoms. The Labute approximate surface area is 390 Å². The van der Waals surface area contributed by atoms with Gasteiger partial charge in [0.25, 0.3) is 0 Å². The van der Waals surface area contributed by atoms with Gasteiger partial charge in [0.2, 0.25) is 41.4 Å². The number of hydrogen-bond acceptors (Lipinski definition) is 14. The number of carbonyl (C=O) groups excluding carboxylic acids is 8. The van der Waals surface area contributed by atoms with Crippen LogP contribution >= 0.6 is 21.6 Å². The van der Waals surface area contributed by atoms with Crippen LogP contribution in [0.4, 0.5) is 0 Å². The Balaban J connectivity index is 2.22. The van der Waals surface area contributed by atoms with Crippen molar-refractivity contribution in [2.24, 2.45) is 11.5 Å². The molecule has 0 aromatic heterocycles. The number of amides is 7. The molecule has 0 aliphatic rings. The molecule has 2 aromatic carbocycles. The number of nitrogens with one attached hydrogen (secondary N) is 11. The van der Waals surface area contributed by atoms with Gasteiger partial charge in [0.1, 0.15) is 36.0 Å². The highest BCUT2D eigenvalue weighted by Gasteiger charge is 2.32. The summed E-state index contributed by atoms with van der Waals surface area (Å²) < 4.78 is 5.73. The summed E-state index contributed by atoms with van der Waals surface area (Å²) in [5, 5.41) is 47.0. The van der Waals surface area contributed by atoms with E-state index in [0.29, 0.717) is 16.2 Å². The van der Waals surface area contributed by atoms with Crippen molar-refractivity contribution in [1.82, 2.24) is 47.9 Å². The van der Waals surface area contributed by atoms with E-state index in [0.717, 1.165) is 5.75 Å². The standard InChI is InChI=1S/C41H61N13O10S2/c1-4-65-66-32-17-9-8-16-31(32)64-39(63)29(20-25-12-6-5-7-13-25)51-34(58)22-49-35(59)30(23-55)54-37(61)27(15-11-19-48-41(44)45)52-38(62)28(21-33(57)46-3)53-36(60)26(50-24(2)56)14-10-18-47-40(42)43/h5-9,12-13,16-17,26-30,55H,4,10-11,14-15,18-23H2,1-3H3,(H,46,57)(H,49,59)(H,50,56)(H,51,58)(H,52,62)(H,53,60)(H,54,61)(H4,42,43,47)(H4,44,45,48)/t26-,27-,28?,29-,30-/m0/s1. The second-order valence-electron chi connectivity index (χ2n) is 14.3. The molecule has 7 amide bonds. The molecule has 0 saturated carbocycles. The number of hydrogen-bond donors (Lipinski definition) is 14. The van der Waals surface area contributed by atoms with Crippen molar-refractivity contribution in [1.29, 1.82) is 10.8 Å². The molecule has 66 heavy (non-hydrogen) atoms. The highest BCUT2D eigenvalue weighted by atomic mass is 33.1. The average Bonchev–Trinajstić information content (AvgIpc) is 3.28. The van der Waals surface area contributed by atoms with E-state index in [1.807, 2.05) is 6.92 Å². The van der Waals surface area contributed by atoms with Crippen LogP contribution in [0.3, 0.4) is 0 Å². The maximum absolute atomic E-state index is 13.7. The zero-order valence-electron chi connectivity index (χ0n) is 37.0. The van der Waals surface area contributed by atoms with Gasteiger partial charge in [-0.15, -0.1) is 0 Å². The zero-order chi connectivity index (χ0) is 49.0. The van der Waals surface area contributed by atoms with E-state index in [1.165, 1.54) is 24.8 Å². The molecule has 25 heteroatoms. The van der Waals surface area contributed by atoms with Gasteiger partial charge in [-0.1, -0.05) is 71.0 Å². The van der Waals surface area contributed by atoms with E-state index in [4.69, 9.17) is 27.0 Å². The van der Waals surface area contributed by atoms with Crippen LogP contribution in [0.15, 0.2) is 59.5 Å². The van der Waals surface area contributed by atoms with Crippen LogP contribution in [0.1, 0.15) is 51.5 Å². The molecule has 2 aromatic rings. The maximum atomic E-state index is 13.7. The van der Waals surface area contributed by atoms with Crippen molar-refractivity contribution in [2.45, 2.75) is 87.5 Å². The third kappa shape index (κ3) is 21.9. The number of rotatable bonds is 29. The predicted molar refractivity (Wildman–Crippen MR) is 249 cm³/mol. The number of para-hydroxylation sites is 1. The highest BCUT2D eigenvalue weighted by Crippen LogP contribution is 2.37. The van der Waals surface area contributed by atoms with E-state index in [9.17, 15) is 43.5 Å². The van der Waals surface area contributed by atoms with Gasteiger partial charge >= 0.3 is 5.97 Å². The number of benzene rings is 2. The predicted octanol–water partition coefficient (Wildman–Crippen LogP) is -2.19. The van der Waals surface area contributed by atoms with Crippen LogP contribution in [0.5, 0.6) is 5.75 Å². The van der Waals surface area contributed by atoms with E-state index < -0.39 is 97.1 Å². The molecule has 5 atom stereocenters. The molecule has 23 nitrogen and oxygen atoms in total. The molecular weight excluding hydrogens is 899 g/mol. The van der Waals surface area contributed by atoms with Gasteiger partial charge in [-0.2, -0.15) is 0 Å². The van der Waals surface area contributed by atoms with Crippen molar-refractivity contribution in [3.05, 3.63) is 60.2 Å². The Hall–Kier alpha value is -6.60. The first-order valence-electron chi connectivity index (χ1n) is 20.8. The number of aliphatic hydroxyl groups is 1. The molecule has 16 N–H and O–H groups in total. The fraction of sp³-hybridized carbons (Fsp3) is 0.463. The summed E-state index contributed by atoms with van der Waals surface area (Å²) in [6, 6.07) is 8.75. The van der Waals surface area contributed by atoms with Crippen molar-refractivity contribution in [3.63, 3.8) is 0 Å². The summed E-state index contributed by atoms with van der Waals surface area (Å²) >= 11 is 0. The summed E-state index contributed by atoms with van der Waals surface area (Å²) in [6.07, 6.45) is -0.250. The smallest absolute Gasteiger partial charge is 0.334 e. The van der Waals surface area contributed by atoms with E-state index in [2.05, 4.69) is 47.9 Å². The largest absolute Gasteiger partial charge is 0.424 e. The Morgan fingerprint density at radius 1 is 0.682 bits per heavy atom. The average molecular weight is 960 g/mol. The Morgan fingerprint density at radius 3 is 1.79 bits per heavy atom. The number of carbonyl (C=O) groups is 8. The van der Waals surface area contributed by atoms with Crippen molar-refractivity contribution in [2.75, 3.05) is 39.0 Å². The highest BCUT2D eigenvalue weighted by molar-refractivity contribution is 8.76. The molecule has 0 spiro atoms. The first-order valence-corrected chi connectivity index (χ1v) is 23.2. The minimum atomic E-state index is -1.66. The lowest BCUT2D eigenvalue weighted by Gasteiger charge is -2.26. The molecule has 0 radical (unpaired) electrons. The summed E-state index contributed by atoms with van der Waals surface area (Å²) in [5.41, 5.74) is 11.4. The molecule has 0 aliphatic carbocycles. The number of ether oxygens (including phenoxy) is 1. The van der Waals surface area contributed by atoms with Crippen molar-refractivity contribution >= 4 is 80.8 Å². The topological polar surface area (TPSA) is 374 Å². The molecule has 0 aliphatic heterocycles. The van der Waals surface area contributed by atoms with Crippen molar-refractivity contribution in [3.8, 4) is 5.75 Å². The van der Waals surface area contributed by atoms with Crippen LogP contribution in [-0.2, 0) is 44.8 Å². The zero-order valence-corrected chi connectivity index (χ0v) is 38.6. The molecule has 0 saturated heterocycles. The lowest BCUT2D eigenvalue weighted by molar-refractivity contribution is -0.139. The van der Waals surface area contributed by atoms with Crippen LogP contribution in [0, 0.1) is 10.8 Å². The van der Waals surface area contributed by atoms with Crippen molar-refractivity contribution < 1.29 is 48.2 Å². The number of nitrogens with two attached hydrogens (primary N) is 2. The minimum absolute atomic E-state index is 0.0478. The van der Waals surface area contributed by atoms with Crippen LogP contribution in [-0.4, -0.2) is 134 Å².